The van der Waals surface area contributed by atoms with Crippen molar-refractivity contribution in [2.45, 2.75) is 347 Å². The number of rotatable bonds is 57. The van der Waals surface area contributed by atoms with Gasteiger partial charge in [-0.05, 0) is 57.8 Å². The van der Waals surface area contributed by atoms with Gasteiger partial charge in [0.1, 0.15) is 0 Å². The molecule has 6 heteroatoms. The second-order valence-electron chi connectivity index (χ2n) is 21.0. The van der Waals surface area contributed by atoms with Crippen LogP contribution in [0.2, 0.25) is 0 Å². The Morgan fingerprint density at radius 3 is 1.15 bits per heavy atom. The number of aliphatic hydroxyl groups excluding tert-OH is 2. The zero-order chi connectivity index (χ0) is 49.3. The number of amides is 1. The van der Waals surface area contributed by atoms with Gasteiger partial charge in [-0.15, -0.1) is 0 Å². The average molecular weight is 959 g/mol. The molecule has 402 valence electrons. The van der Waals surface area contributed by atoms with E-state index >= 15 is 0 Å². The molecular weight excluding hydrogens is 839 g/mol. The first-order chi connectivity index (χ1) is 33.5. The molecule has 0 saturated carbocycles. The highest BCUT2D eigenvalue weighted by Crippen LogP contribution is 2.18. The van der Waals surface area contributed by atoms with Crippen LogP contribution in [0.1, 0.15) is 335 Å². The number of hydrogen-bond donors (Lipinski definition) is 3. The van der Waals surface area contributed by atoms with Gasteiger partial charge in [-0.1, -0.05) is 289 Å². The van der Waals surface area contributed by atoms with Gasteiger partial charge < -0.3 is 20.3 Å². The summed E-state index contributed by atoms with van der Waals surface area (Å²) in [5.74, 6) is -0.0322. The molecule has 0 saturated heterocycles. The number of allylic oxidation sites excluding steroid dienone is 4. The topological polar surface area (TPSA) is 95.9 Å². The van der Waals surface area contributed by atoms with Crippen LogP contribution < -0.4 is 5.32 Å². The molecule has 0 aromatic carbocycles. The lowest BCUT2D eigenvalue weighted by Crippen LogP contribution is -2.45. The Bertz CT molecular complexity index is 1060. The first-order valence-electron chi connectivity index (χ1n) is 30.6. The predicted molar refractivity (Wildman–Crippen MR) is 296 cm³/mol. The molecule has 0 aromatic rings. The van der Waals surface area contributed by atoms with E-state index in [1.165, 1.54) is 250 Å². The third kappa shape index (κ3) is 53.7. The first kappa shape index (κ1) is 66.3. The molecule has 68 heavy (non-hydrogen) atoms. The number of unbranched alkanes of at least 4 members (excludes halogenated alkanes) is 42. The van der Waals surface area contributed by atoms with Gasteiger partial charge in [0.2, 0.25) is 5.91 Å². The SMILES string of the molecule is CCCCC/C=C\C/C=C\CCCCCCCCCC(=O)OCCCCCCCCCCCCCCCCCCCCCCC(=O)NC(CO)C(O)CCCCCCCCCCCCCCCC. The molecule has 0 bridgehead atoms. The largest absolute Gasteiger partial charge is 0.466 e. The van der Waals surface area contributed by atoms with E-state index in [-0.39, 0.29) is 18.5 Å². The van der Waals surface area contributed by atoms with Crippen molar-refractivity contribution in [3.63, 3.8) is 0 Å². The Kier molecular flexibility index (Phi) is 56.5. The maximum absolute atomic E-state index is 12.5. The molecule has 0 spiro atoms. The zero-order valence-electron chi connectivity index (χ0n) is 45.9. The van der Waals surface area contributed by atoms with Crippen LogP contribution in [-0.4, -0.2) is 47.4 Å². The van der Waals surface area contributed by atoms with Gasteiger partial charge in [0.15, 0.2) is 0 Å². The van der Waals surface area contributed by atoms with E-state index in [2.05, 4.69) is 43.5 Å². The van der Waals surface area contributed by atoms with Gasteiger partial charge in [0.05, 0.1) is 25.4 Å². The van der Waals surface area contributed by atoms with Crippen molar-refractivity contribution in [2.24, 2.45) is 0 Å². The lowest BCUT2D eigenvalue weighted by Gasteiger charge is -2.22. The van der Waals surface area contributed by atoms with E-state index in [0.717, 1.165) is 51.4 Å². The Labute approximate surface area is 424 Å². The smallest absolute Gasteiger partial charge is 0.305 e. The summed E-state index contributed by atoms with van der Waals surface area (Å²) in [6, 6.07) is -0.542. The summed E-state index contributed by atoms with van der Waals surface area (Å²) in [5.41, 5.74) is 0. The minimum atomic E-state index is -0.665. The minimum Gasteiger partial charge on any atom is -0.466 e. The van der Waals surface area contributed by atoms with Gasteiger partial charge in [0, 0.05) is 12.8 Å². The summed E-state index contributed by atoms with van der Waals surface area (Å²) < 4.78 is 5.49. The molecule has 2 unspecified atom stereocenters. The summed E-state index contributed by atoms with van der Waals surface area (Å²) in [4.78, 5) is 24.6. The fourth-order valence-electron chi connectivity index (χ4n) is 9.55. The molecule has 0 rings (SSSR count). The van der Waals surface area contributed by atoms with Crippen molar-refractivity contribution < 1.29 is 24.5 Å². The summed E-state index contributed by atoms with van der Waals surface area (Å²) in [6.07, 6.45) is 70.3. The van der Waals surface area contributed by atoms with E-state index in [9.17, 15) is 19.8 Å². The van der Waals surface area contributed by atoms with Crippen LogP contribution in [0.3, 0.4) is 0 Å². The molecule has 0 aliphatic heterocycles. The van der Waals surface area contributed by atoms with Crippen molar-refractivity contribution in [3.8, 4) is 0 Å². The van der Waals surface area contributed by atoms with Crippen LogP contribution >= 0.6 is 0 Å². The molecule has 0 heterocycles. The van der Waals surface area contributed by atoms with E-state index in [4.69, 9.17) is 4.74 Å². The quantitative estimate of drug-likeness (QED) is 0.0321. The van der Waals surface area contributed by atoms with Crippen molar-refractivity contribution in [1.82, 2.24) is 5.32 Å². The lowest BCUT2D eigenvalue weighted by atomic mass is 10.0. The summed E-state index contributed by atoms with van der Waals surface area (Å²) >= 11 is 0. The van der Waals surface area contributed by atoms with Gasteiger partial charge in [0.25, 0.3) is 0 Å². The number of ether oxygens (including phenoxy) is 1. The van der Waals surface area contributed by atoms with E-state index < -0.39 is 12.1 Å². The minimum absolute atomic E-state index is 0.00326. The Balaban J connectivity index is 3.38. The van der Waals surface area contributed by atoms with Crippen molar-refractivity contribution >= 4 is 11.9 Å². The van der Waals surface area contributed by atoms with Crippen molar-refractivity contribution in [3.05, 3.63) is 24.3 Å². The molecule has 1 amide bonds. The number of hydrogen-bond acceptors (Lipinski definition) is 5. The van der Waals surface area contributed by atoms with Gasteiger partial charge in [-0.3, -0.25) is 9.59 Å². The van der Waals surface area contributed by atoms with E-state index in [0.29, 0.717) is 25.9 Å². The molecule has 0 radical (unpaired) electrons. The maximum atomic E-state index is 12.5. The van der Waals surface area contributed by atoms with Crippen LogP contribution in [0, 0.1) is 0 Å². The molecule has 2 atom stereocenters. The zero-order valence-corrected chi connectivity index (χ0v) is 45.9. The molecule has 3 N–H and O–H groups in total. The highest BCUT2D eigenvalue weighted by molar-refractivity contribution is 5.76. The average Bonchev–Trinajstić information content (AvgIpc) is 3.34. The van der Waals surface area contributed by atoms with Gasteiger partial charge >= 0.3 is 5.97 Å². The van der Waals surface area contributed by atoms with Crippen LogP contribution in [0.15, 0.2) is 24.3 Å². The van der Waals surface area contributed by atoms with Crippen molar-refractivity contribution in [1.29, 1.82) is 0 Å². The van der Waals surface area contributed by atoms with Crippen LogP contribution in [-0.2, 0) is 14.3 Å². The number of esters is 1. The molecule has 6 nitrogen and oxygen atoms in total. The number of carbonyl (C=O) groups excluding carboxylic acids is 2. The van der Waals surface area contributed by atoms with Gasteiger partial charge in [-0.25, -0.2) is 0 Å². The van der Waals surface area contributed by atoms with Crippen LogP contribution in [0.5, 0.6) is 0 Å². The molecule has 0 aliphatic carbocycles. The Hall–Kier alpha value is -1.66. The van der Waals surface area contributed by atoms with E-state index in [1.807, 2.05) is 0 Å². The normalized spacial score (nSPS) is 12.7. The molecular formula is C62H119NO5. The molecule has 0 aliphatic rings. The molecule has 0 fully saturated rings. The van der Waals surface area contributed by atoms with Gasteiger partial charge in [-0.2, -0.15) is 0 Å². The number of aliphatic hydroxyl groups is 2. The number of carbonyl (C=O) groups is 2. The Morgan fingerprint density at radius 2 is 0.735 bits per heavy atom. The summed E-state index contributed by atoms with van der Waals surface area (Å²) in [5, 5.41) is 23.3. The van der Waals surface area contributed by atoms with E-state index in [1.54, 1.807) is 0 Å². The summed E-state index contributed by atoms with van der Waals surface area (Å²) in [6.45, 7) is 4.94. The lowest BCUT2D eigenvalue weighted by molar-refractivity contribution is -0.143. The second-order valence-corrected chi connectivity index (χ2v) is 21.0. The highest BCUT2D eigenvalue weighted by Gasteiger charge is 2.20. The standard InChI is InChI=1S/C62H119NO5/c1-3-5-7-9-11-13-15-17-19-24-28-32-36-40-44-48-52-56-62(67)68-57-53-49-45-41-37-33-29-26-23-21-20-22-25-27-31-35-39-43-47-51-55-61(66)63-59(58-64)60(65)54-50-46-42-38-34-30-18-16-14-12-10-8-6-4-2/h11,13,17,19,59-60,64-65H,3-10,12,14-16,18,20-58H2,1-2H3,(H,63,66)/b13-11-,19-17-. The fourth-order valence-corrected chi connectivity index (χ4v) is 9.55. The summed E-state index contributed by atoms with van der Waals surface area (Å²) in [7, 11) is 0. The molecule has 0 aromatic heterocycles. The monoisotopic (exact) mass is 958 g/mol. The van der Waals surface area contributed by atoms with Crippen LogP contribution in [0.4, 0.5) is 0 Å². The predicted octanol–water partition coefficient (Wildman–Crippen LogP) is 19.0. The Morgan fingerprint density at radius 1 is 0.412 bits per heavy atom. The first-order valence-corrected chi connectivity index (χ1v) is 30.6. The fraction of sp³-hybridized carbons (Fsp3) is 0.903. The second kappa shape index (κ2) is 57.9. The number of nitrogens with one attached hydrogen (secondary N) is 1. The third-order valence-corrected chi connectivity index (χ3v) is 14.3. The highest BCUT2D eigenvalue weighted by atomic mass is 16.5. The third-order valence-electron chi connectivity index (χ3n) is 14.3. The maximum Gasteiger partial charge on any atom is 0.305 e. The van der Waals surface area contributed by atoms with Crippen molar-refractivity contribution in [2.75, 3.05) is 13.2 Å². The van der Waals surface area contributed by atoms with Crippen LogP contribution in [0.25, 0.3) is 0 Å².